The van der Waals surface area contributed by atoms with Crippen LogP contribution in [0.5, 0.6) is 0 Å². The first-order valence-electron chi connectivity index (χ1n) is 7.45. The highest BCUT2D eigenvalue weighted by molar-refractivity contribution is 7.98. The highest BCUT2D eigenvalue weighted by Gasteiger charge is 2.37. The van der Waals surface area contributed by atoms with Crippen molar-refractivity contribution < 1.29 is 23.9 Å². The van der Waals surface area contributed by atoms with Crippen molar-refractivity contribution in [2.45, 2.75) is 38.3 Å². The van der Waals surface area contributed by atoms with Gasteiger partial charge in [0.05, 0.1) is 12.6 Å². The molecule has 3 amide bonds. The molecule has 3 N–H and O–H groups in total. The molecule has 0 spiro atoms. The van der Waals surface area contributed by atoms with Gasteiger partial charge in [0, 0.05) is 6.42 Å². The van der Waals surface area contributed by atoms with Gasteiger partial charge in [-0.05, 0) is 31.8 Å². The van der Waals surface area contributed by atoms with Crippen LogP contribution >= 0.6 is 11.8 Å². The third kappa shape index (κ3) is 5.83. The lowest BCUT2D eigenvalue weighted by molar-refractivity contribution is -0.158. The lowest BCUT2D eigenvalue weighted by atomic mass is 10.0. The molecule has 0 aromatic carbocycles. The van der Waals surface area contributed by atoms with Crippen LogP contribution < -0.4 is 11.1 Å². The molecular formula is C14H23N3O5S. The van der Waals surface area contributed by atoms with E-state index < -0.39 is 42.3 Å². The first kappa shape index (κ1) is 19.4. The van der Waals surface area contributed by atoms with Gasteiger partial charge >= 0.3 is 5.97 Å². The van der Waals surface area contributed by atoms with E-state index in [9.17, 15) is 19.2 Å². The molecule has 0 aliphatic carbocycles. The zero-order chi connectivity index (χ0) is 17.4. The molecule has 9 heteroatoms. The van der Waals surface area contributed by atoms with E-state index in [2.05, 4.69) is 5.32 Å². The number of nitrogens with one attached hydrogen (secondary N) is 1. The number of nitrogens with two attached hydrogens (primary N) is 1. The summed E-state index contributed by atoms with van der Waals surface area (Å²) < 4.78 is 4.75. The molecule has 0 aromatic rings. The first-order valence-corrected chi connectivity index (χ1v) is 8.84. The number of hydrogen-bond acceptors (Lipinski definition) is 7. The number of likely N-dealkylation sites (tertiary alicyclic amines) is 1. The number of ether oxygens (including phenoxy) is 1. The number of imide groups is 1. The van der Waals surface area contributed by atoms with Gasteiger partial charge in [0.25, 0.3) is 5.91 Å². The Kier molecular flexibility index (Phi) is 8.04. The number of hydrogen-bond donors (Lipinski definition) is 2. The van der Waals surface area contributed by atoms with Crippen LogP contribution in [0, 0.1) is 0 Å². The molecule has 8 nitrogen and oxygen atoms in total. The van der Waals surface area contributed by atoms with Gasteiger partial charge in [0.15, 0.2) is 0 Å². The van der Waals surface area contributed by atoms with Crippen molar-refractivity contribution in [3.63, 3.8) is 0 Å². The Morgan fingerprint density at radius 1 is 1.48 bits per heavy atom. The van der Waals surface area contributed by atoms with E-state index in [0.717, 1.165) is 10.7 Å². The summed E-state index contributed by atoms with van der Waals surface area (Å²) >= 11 is 1.57. The highest BCUT2D eigenvalue weighted by Crippen LogP contribution is 2.14. The van der Waals surface area contributed by atoms with E-state index in [-0.39, 0.29) is 19.4 Å². The van der Waals surface area contributed by atoms with Gasteiger partial charge in [-0.1, -0.05) is 0 Å². The third-order valence-electron chi connectivity index (χ3n) is 3.39. The number of carbonyl (C=O) groups excluding carboxylic acids is 4. The molecule has 0 saturated carbocycles. The smallest absolute Gasteiger partial charge is 0.326 e. The van der Waals surface area contributed by atoms with Crippen LogP contribution in [-0.2, 0) is 23.9 Å². The molecule has 1 fully saturated rings. The fourth-order valence-corrected chi connectivity index (χ4v) is 2.62. The molecular weight excluding hydrogens is 322 g/mol. The van der Waals surface area contributed by atoms with Crippen LogP contribution in [0.3, 0.4) is 0 Å². The van der Waals surface area contributed by atoms with Crippen LogP contribution in [0.1, 0.15) is 26.2 Å². The summed E-state index contributed by atoms with van der Waals surface area (Å²) in [5.74, 6) is -1.39. The summed E-state index contributed by atoms with van der Waals surface area (Å²) in [5.41, 5.74) is 5.76. The maximum atomic E-state index is 12.3. The highest BCUT2D eigenvalue weighted by atomic mass is 32.2. The summed E-state index contributed by atoms with van der Waals surface area (Å²) in [4.78, 5) is 48.4. The predicted molar refractivity (Wildman–Crippen MR) is 85.5 cm³/mol. The molecule has 130 valence electrons. The molecule has 1 aliphatic heterocycles. The molecule has 0 bridgehead atoms. The average molecular weight is 345 g/mol. The number of esters is 1. The summed E-state index contributed by atoms with van der Waals surface area (Å²) in [6, 6.07) is -1.54. The van der Waals surface area contributed by atoms with Crippen molar-refractivity contribution in [1.82, 2.24) is 10.2 Å². The minimum Gasteiger partial charge on any atom is -0.465 e. The second-order valence-corrected chi connectivity index (χ2v) is 6.10. The normalized spacial score (nSPS) is 19.4. The van der Waals surface area contributed by atoms with E-state index in [1.165, 1.54) is 0 Å². The van der Waals surface area contributed by atoms with Gasteiger partial charge in [-0.3, -0.25) is 24.1 Å². The second kappa shape index (κ2) is 9.51. The Hall–Kier alpha value is -1.61. The Labute approximate surface area is 139 Å². The molecule has 23 heavy (non-hydrogen) atoms. The zero-order valence-electron chi connectivity index (χ0n) is 13.4. The fraction of sp³-hybridized carbons (Fsp3) is 0.714. The number of thioether (sulfide) groups is 1. The van der Waals surface area contributed by atoms with Gasteiger partial charge in [-0.15, -0.1) is 0 Å². The van der Waals surface area contributed by atoms with E-state index in [0.29, 0.717) is 6.42 Å². The predicted octanol–water partition coefficient (Wildman–Crippen LogP) is -0.736. The summed E-state index contributed by atoms with van der Waals surface area (Å²) in [5, 5.41) is 2.56. The largest absolute Gasteiger partial charge is 0.465 e. The molecule has 2 atom stereocenters. The van der Waals surface area contributed by atoms with Crippen molar-refractivity contribution in [2.75, 3.05) is 25.2 Å². The molecule has 1 saturated heterocycles. The summed E-state index contributed by atoms with van der Waals surface area (Å²) in [7, 11) is 0. The monoisotopic (exact) mass is 345 g/mol. The van der Waals surface area contributed by atoms with Crippen molar-refractivity contribution in [1.29, 1.82) is 0 Å². The summed E-state index contributed by atoms with van der Waals surface area (Å²) in [6.45, 7) is 1.37. The maximum absolute atomic E-state index is 12.3. The van der Waals surface area contributed by atoms with E-state index in [1.807, 2.05) is 6.26 Å². The number of piperidine rings is 1. The molecule has 0 radical (unpaired) electrons. The van der Waals surface area contributed by atoms with Crippen LogP contribution in [0.25, 0.3) is 0 Å². The first-order chi connectivity index (χ1) is 10.9. The molecule has 1 rings (SSSR count). The molecule has 0 aromatic heterocycles. The fourth-order valence-electron chi connectivity index (χ4n) is 2.13. The standard InChI is InChI=1S/C14H23N3O5S/c1-3-22-12(19)8-17-11(18)5-4-10(14(17)21)16-13(20)9(15)6-7-23-2/h9-10H,3-8,15H2,1-2H3,(H,16,20)/t9-,10-/m0/s1. The van der Waals surface area contributed by atoms with E-state index in [1.54, 1.807) is 18.7 Å². The quantitative estimate of drug-likeness (QED) is 0.439. The van der Waals surface area contributed by atoms with Gasteiger partial charge in [-0.25, -0.2) is 0 Å². The van der Waals surface area contributed by atoms with Crippen LogP contribution in [0.15, 0.2) is 0 Å². The van der Waals surface area contributed by atoms with Gasteiger partial charge in [0.2, 0.25) is 11.8 Å². The average Bonchev–Trinajstić information content (AvgIpc) is 2.52. The number of amides is 3. The maximum Gasteiger partial charge on any atom is 0.326 e. The van der Waals surface area contributed by atoms with E-state index >= 15 is 0 Å². The molecule has 1 aliphatic rings. The lowest BCUT2D eigenvalue weighted by Gasteiger charge is -2.30. The minimum absolute atomic E-state index is 0.0795. The van der Waals surface area contributed by atoms with Crippen LogP contribution in [0.4, 0.5) is 0 Å². The van der Waals surface area contributed by atoms with Crippen molar-refractivity contribution in [3.05, 3.63) is 0 Å². The van der Waals surface area contributed by atoms with Crippen molar-refractivity contribution >= 4 is 35.5 Å². The Morgan fingerprint density at radius 3 is 2.78 bits per heavy atom. The topological polar surface area (TPSA) is 119 Å². The van der Waals surface area contributed by atoms with Gasteiger partial charge in [-0.2, -0.15) is 11.8 Å². The number of carbonyl (C=O) groups is 4. The lowest BCUT2D eigenvalue weighted by Crippen LogP contribution is -2.57. The van der Waals surface area contributed by atoms with Gasteiger partial charge < -0.3 is 15.8 Å². The number of nitrogens with zero attached hydrogens (tertiary/aromatic N) is 1. The Bertz CT molecular complexity index is 471. The number of rotatable bonds is 8. The van der Waals surface area contributed by atoms with Crippen molar-refractivity contribution in [2.24, 2.45) is 5.73 Å². The SMILES string of the molecule is CCOC(=O)CN1C(=O)CC[C@H](NC(=O)[C@@H](N)CCSC)C1=O. The minimum atomic E-state index is -0.838. The van der Waals surface area contributed by atoms with Crippen molar-refractivity contribution in [3.8, 4) is 0 Å². The Morgan fingerprint density at radius 2 is 2.17 bits per heavy atom. The van der Waals surface area contributed by atoms with Gasteiger partial charge in [0.1, 0.15) is 12.6 Å². The zero-order valence-corrected chi connectivity index (χ0v) is 14.2. The van der Waals surface area contributed by atoms with Crippen LogP contribution in [0.2, 0.25) is 0 Å². The van der Waals surface area contributed by atoms with Crippen LogP contribution in [-0.4, -0.2) is 65.8 Å². The second-order valence-electron chi connectivity index (χ2n) is 5.11. The summed E-state index contributed by atoms with van der Waals surface area (Å²) in [6.07, 6.45) is 2.70. The Balaban J connectivity index is 2.63. The third-order valence-corrected chi connectivity index (χ3v) is 4.03. The molecule has 1 heterocycles. The molecule has 0 unspecified atom stereocenters. The van der Waals surface area contributed by atoms with E-state index in [4.69, 9.17) is 10.5 Å².